The van der Waals surface area contributed by atoms with Crippen molar-refractivity contribution >= 4 is 0 Å². The zero-order chi connectivity index (χ0) is 15.0. The molecule has 0 saturated heterocycles. The van der Waals surface area contributed by atoms with E-state index in [1.165, 1.54) is 0 Å². The molecule has 0 radical (unpaired) electrons. The van der Waals surface area contributed by atoms with Crippen LogP contribution in [0.1, 0.15) is 26.3 Å². The number of aliphatic hydroxyl groups is 2. The maximum absolute atomic E-state index is 10.2. The van der Waals surface area contributed by atoms with Crippen molar-refractivity contribution in [3.05, 3.63) is 47.5 Å². The van der Waals surface area contributed by atoms with Crippen LogP contribution >= 0.6 is 0 Å². The van der Waals surface area contributed by atoms with Crippen LogP contribution < -0.4 is 0 Å². The van der Waals surface area contributed by atoms with Gasteiger partial charge in [-0.3, -0.25) is 0 Å². The molecule has 0 saturated carbocycles. The first-order valence-electron chi connectivity index (χ1n) is 7.12. The highest BCUT2D eigenvalue weighted by Gasteiger charge is 2.19. The SMILES string of the molecule is C/C(=C/[C@@H](C)[C@H](O)[C@H](C)COCc1ccccc1)CO. The fraction of sp³-hybridized carbons (Fsp3) is 0.529. The Hall–Kier alpha value is -1.16. The first-order chi connectivity index (χ1) is 9.54. The zero-order valence-electron chi connectivity index (χ0n) is 12.6. The van der Waals surface area contributed by atoms with Gasteiger partial charge in [0.05, 0.1) is 25.9 Å². The van der Waals surface area contributed by atoms with E-state index in [0.717, 1.165) is 11.1 Å². The fourth-order valence-electron chi connectivity index (χ4n) is 2.15. The molecule has 0 heterocycles. The highest BCUT2D eigenvalue weighted by Crippen LogP contribution is 2.17. The quantitative estimate of drug-likeness (QED) is 0.719. The van der Waals surface area contributed by atoms with E-state index in [-0.39, 0.29) is 18.4 Å². The van der Waals surface area contributed by atoms with Crippen LogP contribution in [-0.4, -0.2) is 29.5 Å². The van der Waals surface area contributed by atoms with Crippen LogP contribution in [0.25, 0.3) is 0 Å². The van der Waals surface area contributed by atoms with E-state index < -0.39 is 6.10 Å². The molecular weight excluding hydrogens is 252 g/mol. The second-order valence-electron chi connectivity index (χ2n) is 5.50. The average Bonchev–Trinajstić information content (AvgIpc) is 2.47. The maximum atomic E-state index is 10.2. The first-order valence-corrected chi connectivity index (χ1v) is 7.12. The molecular formula is C17H26O3. The van der Waals surface area contributed by atoms with Gasteiger partial charge >= 0.3 is 0 Å². The Morgan fingerprint density at radius 3 is 2.50 bits per heavy atom. The number of hydrogen-bond donors (Lipinski definition) is 2. The van der Waals surface area contributed by atoms with E-state index in [9.17, 15) is 5.11 Å². The van der Waals surface area contributed by atoms with Crippen LogP contribution in [0.15, 0.2) is 42.0 Å². The molecule has 112 valence electrons. The molecule has 0 aliphatic heterocycles. The van der Waals surface area contributed by atoms with E-state index in [2.05, 4.69) is 0 Å². The van der Waals surface area contributed by atoms with Crippen molar-refractivity contribution in [1.82, 2.24) is 0 Å². The number of rotatable bonds is 8. The number of ether oxygens (including phenoxy) is 1. The molecule has 20 heavy (non-hydrogen) atoms. The monoisotopic (exact) mass is 278 g/mol. The van der Waals surface area contributed by atoms with Crippen LogP contribution in [-0.2, 0) is 11.3 Å². The highest BCUT2D eigenvalue weighted by molar-refractivity contribution is 5.13. The van der Waals surface area contributed by atoms with Crippen molar-refractivity contribution < 1.29 is 14.9 Å². The molecule has 1 aromatic rings. The predicted octanol–water partition coefficient (Wildman–Crippen LogP) is 2.77. The molecule has 1 aromatic carbocycles. The van der Waals surface area contributed by atoms with Crippen LogP contribution in [0.3, 0.4) is 0 Å². The predicted molar refractivity (Wildman–Crippen MR) is 81.3 cm³/mol. The molecule has 0 aliphatic rings. The van der Waals surface area contributed by atoms with Crippen molar-refractivity contribution in [2.45, 2.75) is 33.5 Å². The van der Waals surface area contributed by atoms with Gasteiger partial charge in [0.1, 0.15) is 0 Å². The van der Waals surface area contributed by atoms with E-state index >= 15 is 0 Å². The van der Waals surface area contributed by atoms with Crippen LogP contribution in [0.5, 0.6) is 0 Å². The molecule has 3 nitrogen and oxygen atoms in total. The minimum absolute atomic E-state index is 0.0116. The molecule has 0 aliphatic carbocycles. The van der Waals surface area contributed by atoms with Gasteiger partial charge in [0.2, 0.25) is 0 Å². The van der Waals surface area contributed by atoms with E-state index in [0.29, 0.717) is 13.2 Å². The standard InChI is InChI=1S/C17H26O3/c1-13(10-18)9-14(2)17(19)15(3)11-20-12-16-7-5-4-6-8-16/h4-9,14-15,17-19H,10-12H2,1-3H3/b13-9-/t14-,15-,17+/m1/s1. The van der Waals surface area contributed by atoms with Gasteiger partial charge < -0.3 is 14.9 Å². The first kappa shape index (κ1) is 16.9. The van der Waals surface area contributed by atoms with Gasteiger partial charge in [-0.15, -0.1) is 0 Å². The van der Waals surface area contributed by atoms with Gasteiger partial charge in [0, 0.05) is 11.8 Å². The van der Waals surface area contributed by atoms with E-state index in [1.54, 1.807) is 0 Å². The fourth-order valence-corrected chi connectivity index (χ4v) is 2.15. The molecule has 0 amide bonds. The van der Waals surface area contributed by atoms with Crippen molar-refractivity contribution in [3.8, 4) is 0 Å². The number of hydrogen-bond acceptors (Lipinski definition) is 3. The topological polar surface area (TPSA) is 49.7 Å². The Morgan fingerprint density at radius 1 is 1.25 bits per heavy atom. The second kappa shape index (κ2) is 8.90. The van der Waals surface area contributed by atoms with Crippen molar-refractivity contribution in [3.63, 3.8) is 0 Å². The molecule has 0 fully saturated rings. The lowest BCUT2D eigenvalue weighted by Gasteiger charge is -2.23. The lowest BCUT2D eigenvalue weighted by molar-refractivity contribution is 0.0131. The average molecular weight is 278 g/mol. The van der Waals surface area contributed by atoms with Gasteiger partial charge in [0.15, 0.2) is 0 Å². The second-order valence-corrected chi connectivity index (χ2v) is 5.50. The normalized spacial score (nSPS) is 16.8. The van der Waals surface area contributed by atoms with Gasteiger partial charge in [-0.2, -0.15) is 0 Å². The van der Waals surface area contributed by atoms with Crippen molar-refractivity contribution in [1.29, 1.82) is 0 Å². The third-order valence-electron chi connectivity index (χ3n) is 3.41. The summed E-state index contributed by atoms with van der Waals surface area (Å²) in [5, 5.41) is 19.2. The summed E-state index contributed by atoms with van der Waals surface area (Å²) in [6.45, 7) is 6.92. The van der Waals surface area contributed by atoms with Crippen LogP contribution in [0.4, 0.5) is 0 Å². The Bertz CT molecular complexity index is 400. The van der Waals surface area contributed by atoms with Crippen molar-refractivity contribution in [2.24, 2.45) is 11.8 Å². The molecule has 1 rings (SSSR count). The summed E-state index contributed by atoms with van der Waals surface area (Å²) >= 11 is 0. The van der Waals surface area contributed by atoms with Crippen molar-refractivity contribution in [2.75, 3.05) is 13.2 Å². The zero-order valence-corrected chi connectivity index (χ0v) is 12.6. The summed E-state index contributed by atoms with van der Waals surface area (Å²) in [5.74, 6) is 0.0638. The van der Waals surface area contributed by atoms with Gasteiger partial charge in [-0.1, -0.05) is 55.8 Å². The highest BCUT2D eigenvalue weighted by atomic mass is 16.5. The largest absolute Gasteiger partial charge is 0.392 e. The number of aliphatic hydroxyl groups excluding tert-OH is 2. The third kappa shape index (κ3) is 5.87. The third-order valence-corrected chi connectivity index (χ3v) is 3.41. The Labute approximate surface area is 121 Å². The minimum atomic E-state index is -0.465. The summed E-state index contributed by atoms with van der Waals surface area (Å²) in [6.07, 6.45) is 1.45. The molecule has 0 spiro atoms. The molecule has 2 N–H and O–H groups in total. The Kier molecular flexibility index (Phi) is 7.52. The van der Waals surface area contributed by atoms with E-state index in [1.807, 2.05) is 57.2 Å². The van der Waals surface area contributed by atoms with Crippen LogP contribution in [0.2, 0.25) is 0 Å². The molecule has 0 bridgehead atoms. The van der Waals surface area contributed by atoms with Gasteiger partial charge in [0.25, 0.3) is 0 Å². The summed E-state index contributed by atoms with van der Waals surface area (Å²) in [5.41, 5.74) is 2.02. The van der Waals surface area contributed by atoms with Gasteiger partial charge in [-0.25, -0.2) is 0 Å². The molecule has 3 heteroatoms. The maximum Gasteiger partial charge on any atom is 0.0717 e. The minimum Gasteiger partial charge on any atom is -0.392 e. The Morgan fingerprint density at radius 2 is 1.90 bits per heavy atom. The molecule has 0 aromatic heterocycles. The molecule has 0 unspecified atom stereocenters. The summed E-state index contributed by atoms with van der Waals surface area (Å²) < 4.78 is 5.65. The lowest BCUT2D eigenvalue weighted by Crippen LogP contribution is -2.28. The Balaban J connectivity index is 2.36. The summed E-state index contributed by atoms with van der Waals surface area (Å²) in [6, 6.07) is 10.0. The molecule has 3 atom stereocenters. The van der Waals surface area contributed by atoms with Crippen LogP contribution in [0, 0.1) is 11.8 Å². The lowest BCUT2D eigenvalue weighted by atomic mass is 9.92. The summed E-state index contributed by atoms with van der Waals surface area (Å²) in [7, 11) is 0. The smallest absolute Gasteiger partial charge is 0.0717 e. The summed E-state index contributed by atoms with van der Waals surface area (Å²) in [4.78, 5) is 0. The number of benzene rings is 1. The van der Waals surface area contributed by atoms with E-state index in [4.69, 9.17) is 9.84 Å². The van der Waals surface area contributed by atoms with Gasteiger partial charge in [-0.05, 0) is 12.5 Å².